The Kier molecular flexibility index (Phi) is 5.76. The highest BCUT2D eigenvalue weighted by atomic mass is 16.2. The van der Waals surface area contributed by atoms with Gasteiger partial charge in [-0.2, -0.15) is 0 Å². The summed E-state index contributed by atoms with van der Waals surface area (Å²) in [4.78, 5) is 29.3. The fourth-order valence-electron chi connectivity index (χ4n) is 2.96. The van der Waals surface area contributed by atoms with Gasteiger partial charge in [-0.15, -0.1) is 0 Å². The molecular weight excluding hydrogens is 340 g/mol. The van der Waals surface area contributed by atoms with E-state index in [1.165, 1.54) is 10.9 Å². The molecule has 2 amide bonds. The number of aromatic amines is 1. The third kappa shape index (κ3) is 4.67. The topological polar surface area (TPSA) is 77.2 Å². The summed E-state index contributed by atoms with van der Waals surface area (Å²) in [5, 5.41) is 1.19. The first-order valence-corrected chi connectivity index (χ1v) is 8.96. The van der Waals surface area contributed by atoms with Crippen LogP contribution in [0.1, 0.15) is 28.8 Å². The third-order valence-corrected chi connectivity index (χ3v) is 4.47. The monoisotopic (exact) mass is 364 g/mol. The van der Waals surface area contributed by atoms with Crippen molar-refractivity contribution in [3.8, 4) is 0 Å². The molecule has 3 rings (SSSR count). The Morgan fingerprint density at radius 2 is 1.85 bits per heavy atom. The number of hydrazine groups is 1. The van der Waals surface area contributed by atoms with Crippen molar-refractivity contribution in [3.63, 3.8) is 0 Å². The second-order valence-electron chi connectivity index (χ2n) is 6.66. The maximum Gasteiger partial charge on any atom is 0.269 e. The van der Waals surface area contributed by atoms with Crippen molar-refractivity contribution in [1.82, 2.24) is 15.8 Å². The standard InChI is InChI=1S/C21H24N4O2/c1-25(2)17-9-5-7-15(13-17)21(27)24-23-20(26)12-6-8-16-14-22-19-11-4-3-10-18(16)19/h3-5,7,9-11,13-14,22H,6,8,12H2,1-2H3,(H,23,26)(H,24,27). The van der Waals surface area contributed by atoms with Gasteiger partial charge in [0.15, 0.2) is 0 Å². The summed E-state index contributed by atoms with van der Waals surface area (Å²) in [6.45, 7) is 0. The van der Waals surface area contributed by atoms with Crippen LogP contribution in [0, 0.1) is 0 Å². The minimum absolute atomic E-state index is 0.202. The predicted octanol–water partition coefficient (Wildman–Crippen LogP) is 3.02. The number of hydrogen-bond donors (Lipinski definition) is 3. The highest BCUT2D eigenvalue weighted by molar-refractivity contribution is 5.96. The van der Waals surface area contributed by atoms with E-state index < -0.39 is 0 Å². The molecule has 2 aromatic carbocycles. The second kappa shape index (κ2) is 8.40. The molecule has 0 aliphatic heterocycles. The fraction of sp³-hybridized carbons (Fsp3) is 0.238. The Morgan fingerprint density at radius 1 is 1.04 bits per heavy atom. The Bertz CT molecular complexity index is 946. The van der Waals surface area contributed by atoms with Crippen molar-refractivity contribution in [1.29, 1.82) is 0 Å². The lowest BCUT2D eigenvalue weighted by Gasteiger charge is -2.13. The van der Waals surface area contributed by atoms with E-state index in [2.05, 4.69) is 21.9 Å². The van der Waals surface area contributed by atoms with E-state index in [0.717, 1.165) is 17.6 Å². The molecule has 0 bridgehead atoms. The number of H-pyrrole nitrogens is 1. The van der Waals surface area contributed by atoms with E-state index in [-0.39, 0.29) is 11.8 Å². The van der Waals surface area contributed by atoms with Crippen molar-refractivity contribution >= 4 is 28.4 Å². The van der Waals surface area contributed by atoms with Gasteiger partial charge in [0.2, 0.25) is 5.91 Å². The number of para-hydroxylation sites is 1. The van der Waals surface area contributed by atoms with Gasteiger partial charge >= 0.3 is 0 Å². The van der Waals surface area contributed by atoms with Crippen LogP contribution in [0.5, 0.6) is 0 Å². The molecule has 0 spiro atoms. The zero-order chi connectivity index (χ0) is 19.2. The number of fused-ring (bicyclic) bond motifs is 1. The fourth-order valence-corrected chi connectivity index (χ4v) is 2.96. The van der Waals surface area contributed by atoms with Crippen LogP contribution in [0.3, 0.4) is 0 Å². The van der Waals surface area contributed by atoms with Gasteiger partial charge in [0.25, 0.3) is 5.91 Å². The number of hydrogen-bond acceptors (Lipinski definition) is 3. The number of benzene rings is 2. The van der Waals surface area contributed by atoms with Crippen molar-refractivity contribution in [3.05, 3.63) is 65.9 Å². The summed E-state index contributed by atoms with van der Waals surface area (Å²) >= 11 is 0. The molecule has 6 nitrogen and oxygen atoms in total. The van der Waals surface area contributed by atoms with Gasteiger partial charge in [-0.25, -0.2) is 0 Å². The Morgan fingerprint density at radius 3 is 2.67 bits per heavy atom. The van der Waals surface area contributed by atoms with Crippen molar-refractivity contribution in [2.75, 3.05) is 19.0 Å². The molecule has 0 saturated heterocycles. The molecule has 0 aliphatic rings. The summed E-state index contributed by atoms with van der Waals surface area (Å²) in [6, 6.07) is 15.3. The Hall–Kier alpha value is -3.28. The van der Waals surface area contributed by atoms with Crippen LogP contribution >= 0.6 is 0 Å². The van der Waals surface area contributed by atoms with Gasteiger partial charge in [-0.05, 0) is 42.7 Å². The number of aryl methyl sites for hydroxylation is 1. The first-order valence-electron chi connectivity index (χ1n) is 8.96. The third-order valence-electron chi connectivity index (χ3n) is 4.47. The molecule has 6 heteroatoms. The van der Waals surface area contributed by atoms with Gasteiger partial charge in [-0.3, -0.25) is 20.4 Å². The largest absolute Gasteiger partial charge is 0.378 e. The molecule has 0 saturated carbocycles. The van der Waals surface area contributed by atoms with Crippen molar-refractivity contribution in [2.24, 2.45) is 0 Å². The van der Waals surface area contributed by atoms with E-state index in [4.69, 9.17) is 0 Å². The molecule has 0 radical (unpaired) electrons. The summed E-state index contributed by atoms with van der Waals surface area (Å²) in [5.41, 5.74) is 8.68. The van der Waals surface area contributed by atoms with Gasteiger partial charge in [0.05, 0.1) is 0 Å². The van der Waals surface area contributed by atoms with Gasteiger partial charge in [-0.1, -0.05) is 24.3 Å². The van der Waals surface area contributed by atoms with E-state index in [9.17, 15) is 9.59 Å². The molecule has 1 heterocycles. The Balaban J connectivity index is 1.45. The number of amides is 2. The lowest BCUT2D eigenvalue weighted by atomic mass is 10.1. The average molecular weight is 364 g/mol. The first-order chi connectivity index (χ1) is 13.0. The number of nitrogens with zero attached hydrogens (tertiary/aromatic N) is 1. The SMILES string of the molecule is CN(C)c1cccc(C(=O)NNC(=O)CCCc2c[nH]c3ccccc23)c1. The number of carbonyl (C=O) groups is 2. The quantitative estimate of drug-likeness (QED) is 0.589. The van der Waals surface area contributed by atoms with Gasteiger partial charge in [0.1, 0.15) is 0 Å². The molecule has 0 aliphatic carbocycles. The highest BCUT2D eigenvalue weighted by Crippen LogP contribution is 2.19. The zero-order valence-electron chi connectivity index (χ0n) is 15.6. The van der Waals surface area contributed by atoms with E-state index in [1.54, 1.807) is 12.1 Å². The summed E-state index contributed by atoms with van der Waals surface area (Å²) in [5.74, 6) is -0.532. The molecule has 1 aromatic heterocycles. The summed E-state index contributed by atoms with van der Waals surface area (Å²) < 4.78 is 0. The first kappa shape index (κ1) is 18.5. The van der Waals surface area contributed by atoms with Crippen LogP contribution in [0.25, 0.3) is 10.9 Å². The number of aromatic nitrogens is 1. The van der Waals surface area contributed by atoms with Crippen molar-refractivity contribution in [2.45, 2.75) is 19.3 Å². The van der Waals surface area contributed by atoms with Gasteiger partial charge < -0.3 is 9.88 Å². The van der Waals surface area contributed by atoms with Crippen LogP contribution in [0.15, 0.2) is 54.7 Å². The number of rotatable bonds is 6. The number of nitrogens with one attached hydrogen (secondary N) is 3. The lowest BCUT2D eigenvalue weighted by molar-refractivity contribution is -0.121. The molecule has 0 fully saturated rings. The maximum absolute atomic E-state index is 12.2. The van der Waals surface area contributed by atoms with Crippen LogP contribution < -0.4 is 15.8 Å². The minimum Gasteiger partial charge on any atom is -0.378 e. The van der Waals surface area contributed by atoms with Crippen LogP contribution in [0.2, 0.25) is 0 Å². The number of carbonyl (C=O) groups excluding carboxylic acids is 2. The highest BCUT2D eigenvalue weighted by Gasteiger charge is 2.09. The molecule has 0 atom stereocenters. The molecule has 0 unspecified atom stereocenters. The predicted molar refractivity (Wildman–Crippen MR) is 108 cm³/mol. The molecule has 3 N–H and O–H groups in total. The van der Waals surface area contributed by atoms with Crippen molar-refractivity contribution < 1.29 is 9.59 Å². The minimum atomic E-state index is -0.330. The maximum atomic E-state index is 12.2. The van der Waals surface area contributed by atoms with E-state index in [1.807, 2.05) is 55.5 Å². The molecule has 3 aromatic rings. The van der Waals surface area contributed by atoms with Crippen LogP contribution in [0.4, 0.5) is 5.69 Å². The van der Waals surface area contributed by atoms with E-state index >= 15 is 0 Å². The van der Waals surface area contributed by atoms with Crippen LogP contribution in [-0.4, -0.2) is 30.9 Å². The van der Waals surface area contributed by atoms with Crippen LogP contribution in [-0.2, 0) is 11.2 Å². The summed E-state index contributed by atoms with van der Waals surface area (Å²) in [6.07, 6.45) is 3.84. The lowest BCUT2D eigenvalue weighted by Crippen LogP contribution is -2.41. The Labute approximate surface area is 158 Å². The normalized spacial score (nSPS) is 10.6. The second-order valence-corrected chi connectivity index (χ2v) is 6.66. The van der Waals surface area contributed by atoms with Gasteiger partial charge in [0, 0.05) is 48.9 Å². The summed E-state index contributed by atoms with van der Waals surface area (Å²) in [7, 11) is 3.82. The van der Waals surface area contributed by atoms with E-state index in [0.29, 0.717) is 18.4 Å². The number of anilines is 1. The average Bonchev–Trinajstić information content (AvgIpc) is 3.09. The molecular formula is C21H24N4O2. The smallest absolute Gasteiger partial charge is 0.269 e. The molecule has 140 valence electrons. The zero-order valence-corrected chi connectivity index (χ0v) is 15.6. The molecule has 27 heavy (non-hydrogen) atoms.